The van der Waals surface area contributed by atoms with Crippen LogP contribution in [0.25, 0.3) is 0 Å². The number of benzene rings is 2. The Morgan fingerprint density at radius 2 is 1.77 bits per heavy atom. The Morgan fingerprint density at radius 1 is 1.04 bits per heavy atom. The van der Waals surface area contributed by atoms with Crippen molar-refractivity contribution in [3.05, 3.63) is 76.2 Å². The van der Waals surface area contributed by atoms with Crippen LogP contribution in [0.1, 0.15) is 16.3 Å². The van der Waals surface area contributed by atoms with Crippen molar-refractivity contribution >= 4 is 34.8 Å². The predicted octanol–water partition coefficient (Wildman–Crippen LogP) is 5.43. The highest BCUT2D eigenvalue weighted by atomic mass is 35.5. The van der Waals surface area contributed by atoms with Crippen LogP contribution in [-0.4, -0.2) is 13.0 Å². The normalized spacial score (nSPS) is 10.4. The molecule has 0 atom stereocenters. The van der Waals surface area contributed by atoms with Crippen LogP contribution in [0.2, 0.25) is 10.0 Å². The molecule has 0 saturated heterocycles. The first-order chi connectivity index (χ1) is 12.5. The summed E-state index contributed by atoms with van der Waals surface area (Å²) >= 11 is 11.8. The van der Waals surface area contributed by atoms with E-state index in [0.29, 0.717) is 33.0 Å². The molecular formula is C19H15Cl2NO4. The summed E-state index contributed by atoms with van der Waals surface area (Å²) in [4.78, 5) is 12.4. The fraction of sp³-hybridized carbons (Fsp3) is 0.105. The maximum Gasteiger partial charge on any atom is 0.291 e. The number of hydrogen-bond donors (Lipinski definition) is 1. The lowest BCUT2D eigenvalue weighted by Gasteiger charge is -2.09. The fourth-order valence-electron chi connectivity index (χ4n) is 2.22. The second kappa shape index (κ2) is 8.17. The van der Waals surface area contributed by atoms with Crippen molar-refractivity contribution in [2.45, 2.75) is 6.61 Å². The number of furan rings is 1. The van der Waals surface area contributed by atoms with Crippen LogP contribution in [0.3, 0.4) is 0 Å². The van der Waals surface area contributed by atoms with Gasteiger partial charge < -0.3 is 19.2 Å². The van der Waals surface area contributed by atoms with Gasteiger partial charge in [0.25, 0.3) is 5.91 Å². The summed E-state index contributed by atoms with van der Waals surface area (Å²) in [6.07, 6.45) is 0. The van der Waals surface area contributed by atoms with E-state index in [0.717, 1.165) is 0 Å². The minimum absolute atomic E-state index is 0.154. The van der Waals surface area contributed by atoms with E-state index >= 15 is 0 Å². The molecule has 0 saturated carbocycles. The molecule has 7 heteroatoms. The topological polar surface area (TPSA) is 60.7 Å². The first-order valence-corrected chi connectivity index (χ1v) is 8.43. The number of anilines is 1. The van der Waals surface area contributed by atoms with Crippen LogP contribution in [0.4, 0.5) is 5.69 Å². The maximum absolute atomic E-state index is 12.4. The van der Waals surface area contributed by atoms with Gasteiger partial charge >= 0.3 is 0 Å². The quantitative estimate of drug-likeness (QED) is 0.608. The molecule has 1 amide bonds. The second-order valence-corrected chi connectivity index (χ2v) is 6.18. The summed E-state index contributed by atoms with van der Waals surface area (Å²) in [7, 11) is 1.51. The van der Waals surface area contributed by atoms with E-state index in [4.69, 9.17) is 37.1 Å². The molecule has 0 aliphatic heterocycles. The third-order valence-electron chi connectivity index (χ3n) is 3.49. The molecule has 0 spiro atoms. The number of methoxy groups -OCH3 is 1. The van der Waals surface area contributed by atoms with Crippen molar-refractivity contribution in [3.63, 3.8) is 0 Å². The Balaban J connectivity index is 1.64. The largest absolute Gasteiger partial charge is 0.495 e. The molecule has 0 aliphatic rings. The second-order valence-electron chi connectivity index (χ2n) is 5.31. The summed E-state index contributed by atoms with van der Waals surface area (Å²) in [5.74, 6) is 1.41. The van der Waals surface area contributed by atoms with Crippen molar-refractivity contribution in [1.82, 2.24) is 0 Å². The van der Waals surface area contributed by atoms with Crippen LogP contribution in [0.5, 0.6) is 11.5 Å². The number of ether oxygens (including phenoxy) is 2. The average molecular weight is 392 g/mol. The lowest BCUT2D eigenvalue weighted by atomic mass is 10.3. The van der Waals surface area contributed by atoms with Crippen molar-refractivity contribution in [3.8, 4) is 11.5 Å². The van der Waals surface area contributed by atoms with Crippen molar-refractivity contribution in [2.75, 3.05) is 12.4 Å². The first kappa shape index (κ1) is 18.2. The summed E-state index contributed by atoms with van der Waals surface area (Å²) in [5.41, 5.74) is 0.459. The van der Waals surface area contributed by atoms with E-state index < -0.39 is 5.91 Å². The first-order valence-electron chi connectivity index (χ1n) is 7.67. The molecule has 134 valence electrons. The highest BCUT2D eigenvalue weighted by Gasteiger charge is 2.14. The standard InChI is InChI=1S/C19H15Cl2NO4/c1-24-17-8-4-13(21)10-16(17)22-19(23)18-9-7-15(26-18)11-25-14-5-2-12(20)3-6-14/h2-10H,11H2,1H3,(H,22,23). The molecule has 0 fully saturated rings. The molecule has 1 aromatic heterocycles. The summed E-state index contributed by atoms with van der Waals surface area (Å²) in [6, 6.07) is 15.2. The molecule has 0 radical (unpaired) electrons. The zero-order chi connectivity index (χ0) is 18.5. The maximum atomic E-state index is 12.4. The Morgan fingerprint density at radius 3 is 2.50 bits per heavy atom. The SMILES string of the molecule is COc1ccc(Cl)cc1NC(=O)c1ccc(COc2ccc(Cl)cc2)o1. The molecule has 3 rings (SSSR count). The summed E-state index contributed by atoms with van der Waals surface area (Å²) < 4.78 is 16.3. The number of carbonyl (C=O) groups excluding carboxylic acids is 1. The highest BCUT2D eigenvalue weighted by molar-refractivity contribution is 6.31. The molecule has 2 aromatic carbocycles. The van der Waals surface area contributed by atoms with E-state index in [1.165, 1.54) is 7.11 Å². The van der Waals surface area contributed by atoms with Crippen LogP contribution >= 0.6 is 23.2 Å². The minimum atomic E-state index is -0.414. The smallest absolute Gasteiger partial charge is 0.291 e. The van der Waals surface area contributed by atoms with Gasteiger partial charge in [0.2, 0.25) is 0 Å². The van der Waals surface area contributed by atoms with E-state index in [1.54, 1.807) is 54.6 Å². The van der Waals surface area contributed by atoms with E-state index in [2.05, 4.69) is 5.32 Å². The molecule has 1 heterocycles. The molecule has 3 aromatic rings. The molecule has 0 unspecified atom stereocenters. The fourth-order valence-corrected chi connectivity index (χ4v) is 2.52. The lowest BCUT2D eigenvalue weighted by Crippen LogP contribution is -2.11. The van der Waals surface area contributed by atoms with Gasteiger partial charge in [-0.2, -0.15) is 0 Å². The summed E-state index contributed by atoms with van der Waals surface area (Å²) in [6.45, 7) is 0.190. The lowest BCUT2D eigenvalue weighted by molar-refractivity contribution is 0.0992. The van der Waals surface area contributed by atoms with Crippen LogP contribution in [0, 0.1) is 0 Å². The Bertz CT molecular complexity index is 906. The van der Waals surface area contributed by atoms with Crippen molar-refractivity contribution in [2.24, 2.45) is 0 Å². The van der Waals surface area contributed by atoms with Gasteiger partial charge in [-0.05, 0) is 54.6 Å². The van der Waals surface area contributed by atoms with Crippen LogP contribution in [-0.2, 0) is 6.61 Å². The van der Waals surface area contributed by atoms with Gasteiger partial charge in [0.15, 0.2) is 5.76 Å². The molecule has 5 nitrogen and oxygen atoms in total. The third-order valence-corrected chi connectivity index (χ3v) is 3.98. The number of carbonyl (C=O) groups is 1. The molecule has 0 aliphatic carbocycles. The van der Waals surface area contributed by atoms with Gasteiger partial charge in [0, 0.05) is 10.0 Å². The van der Waals surface area contributed by atoms with E-state index in [-0.39, 0.29) is 12.4 Å². The zero-order valence-corrected chi connectivity index (χ0v) is 15.3. The van der Waals surface area contributed by atoms with Gasteiger partial charge in [-0.25, -0.2) is 0 Å². The number of hydrogen-bond acceptors (Lipinski definition) is 4. The Labute approximate surface area is 160 Å². The summed E-state index contributed by atoms with van der Waals surface area (Å²) in [5, 5.41) is 3.83. The van der Waals surface area contributed by atoms with Crippen LogP contribution < -0.4 is 14.8 Å². The molecular weight excluding hydrogens is 377 g/mol. The van der Waals surface area contributed by atoms with Gasteiger partial charge in [-0.1, -0.05) is 23.2 Å². The number of nitrogens with one attached hydrogen (secondary N) is 1. The van der Waals surface area contributed by atoms with Gasteiger partial charge in [-0.3, -0.25) is 4.79 Å². The van der Waals surface area contributed by atoms with Gasteiger partial charge in [0.05, 0.1) is 12.8 Å². The zero-order valence-electron chi connectivity index (χ0n) is 13.8. The molecule has 0 bridgehead atoms. The minimum Gasteiger partial charge on any atom is -0.495 e. The molecule has 26 heavy (non-hydrogen) atoms. The predicted molar refractivity (Wildman–Crippen MR) is 100 cm³/mol. The third kappa shape index (κ3) is 4.50. The Kier molecular flexibility index (Phi) is 5.71. The molecule has 1 N–H and O–H groups in total. The number of rotatable bonds is 6. The average Bonchev–Trinajstić information content (AvgIpc) is 3.11. The monoisotopic (exact) mass is 391 g/mol. The number of halogens is 2. The van der Waals surface area contributed by atoms with Gasteiger partial charge in [0.1, 0.15) is 23.9 Å². The van der Waals surface area contributed by atoms with Crippen molar-refractivity contribution < 1.29 is 18.7 Å². The van der Waals surface area contributed by atoms with Crippen LogP contribution in [0.15, 0.2) is 59.0 Å². The van der Waals surface area contributed by atoms with Crippen molar-refractivity contribution in [1.29, 1.82) is 0 Å². The van der Waals surface area contributed by atoms with E-state index in [1.807, 2.05) is 0 Å². The van der Waals surface area contributed by atoms with Gasteiger partial charge in [-0.15, -0.1) is 0 Å². The van der Waals surface area contributed by atoms with E-state index in [9.17, 15) is 4.79 Å². The Hall–Kier alpha value is -2.63. The number of amides is 1. The highest BCUT2D eigenvalue weighted by Crippen LogP contribution is 2.28.